The summed E-state index contributed by atoms with van der Waals surface area (Å²) in [6.07, 6.45) is 4.38. The third-order valence-electron chi connectivity index (χ3n) is 4.55. The number of morpholine rings is 1. The quantitative estimate of drug-likeness (QED) is 0.755. The molecule has 2 aliphatic rings. The molecule has 24 heavy (non-hydrogen) atoms. The van der Waals surface area contributed by atoms with E-state index in [1.54, 1.807) is 6.20 Å². The monoisotopic (exact) mass is 333 g/mol. The molecule has 130 valence electrons. The van der Waals surface area contributed by atoms with Gasteiger partial charge in [0.25, 0.3) is 0 Å². The van der Waals surface area contributed by atoms with Gasteiger partial charge in [-0.15, -0.1) is 0 Å². The molecule has 0 atom stereocenters. The molecule has 2 fully saturated rings. The highest BCUT2D eigenvalue weighted by Gasteiger charge is 2.39. The summed E-state index contributed by atoms with van der Waals surface area (Å²) in [6.45, 7) is 6.31. The van der Waals surface area contributed by atoms with Gasteiger partial charge in [-0.2, -0.15) is 0 Å². The van der Waals surface area contributed by atoms with Crippen molar-refractivity contribution >= 4 is 0 Å². The highest BCUT2D eigenvalue weighted by atomic mass is 16.5. The smallest absolute Gasteiger partial charge is 0.150 e. The van der Waals surface area contributed by atoms with Crippen LogP contribution in [0.2, 0.25) is 0 Å². The average Bonchev–Trinajstić information content (AvgIpc) is 3.23. The summed E-state index contributed by atoms with van der Waals surface area (Å²) in [6, 6.07) is 2.06. The summed E-state index contributed by atoms with van der Waals surface area (Å²) in [5, 5.41) is 7.79. The maximum absolute atomic E-state index is 5.51. The predicted molar refractivity (Wildman–Crippen MR) is 85.3 cm³/mol. The summed E-state index contributed by atoms with van der Waals surface area (Å²) in [4.78, 5) is 9.68. The van der Waals surface area contributed by atoms with E-state index in [-0.39, 0.29) is 5.54 Å². The topological polar surface area (TPSA) is 88.4 Å². The lowest BCUT2D eigenvalue weighted by Crippen LogP contribution is -2.61. The Labute approximate surface area is 140 Å². The summed E-state index contributed by atoms with van der Waals surface area (Å²) < 4.78 is 16.3. The highest BCUT2D eigenvalue weighted by molar-refractivity contribution is 5.12. The van der Waals surface area contributed by atoms with Gasteiger partial charge in [-0.1, -0.05) is 5.16 Å². The molecule has 0 aromatic carbocycles. The minimum atomic E-state index is -0.0834. The van der Waals surface area contributed by atoms with Gasteiger partial charge < -0.3 is 19.0 Å². The number of rotatable bonds is 7. The fourth-order valence-electron chi connectivity index (χ4n) is 3.12. The first kappa shape index (κ1) is 15.8. The van der Waals surface area contributed by atoms with Crippen molar-refractivity contribution in [3.05, 3.63) is 35.7 Å². The average molecular weight is 333 g/mol. The molecule has 0 amide bonds. The minimum absolute atomic E-state index is 0.0834. The first-order valence-electron chi connectivity index (χ1n) is 8.37. The van der Waals surface area contributed by atoms with Gasteiger partial charge >= 0.3 is 0 Å². The van der Waals surface area contributed by atoms with Gasteiger partial charge in [0.15, 0.2) is 5.76 Å². The Morgan fingerprint density at radius 3 is 2.83 bits per heavy atom. The molecule has 2 aromatic heterocycles. The van der Waals surface area contributed by atoms with Crippen LogP contribution in [-0.4, -0.2) is 65.1 Å². The van der Waals surface area contributed by atoms with Crippen LogP contribution >= 0.6 is 0 Å². The summed E-state index contributed by atoms with van der Waals surface area (Å²) in [5.74, 6) is 1.84. The number of ether oxygens (including phenoxy) is 2. The van der Waals surface area contributed by atoms with Crippen molar-refractivity contribution < 1.29 is 14.0 Å². The molecule has 0 radical (unpaired) electrons. The number of aromatic amines is 1. The zero-order valence-corrected chi connectivity index (χ0v) is 13.7. The second-order valence-electron chi connectivity index (χ2n) is 6.51. The lowest BCUT2D eigenvalue weighted by atomic mass is 9.91. The Hall–Kier alpha value is -1.74. The molecule has 8 nitrogen and oxygen atoms in total. The van der Waals surface area contributed by atoms with Crippen LogP contribution in [0.25, 0.3) is 0 Å². The minimum Gasteiger partial charge on any atom is -0.379 e. The van der Waals surface area contributed by atoms with Crippen LogP contribution < -0.4 is 5.32 Å². The summed E-state index contributed by atoms with van der Waals surface area (Å²) >= 11 is 0. The lowest BCUT2D eigenvalue weighted by molar-refractivity contribution is -0.0758. The lowest BCUT2D eigenvalue weighted by Gasteiger charge is -2.41. The second kappa shape index (κ2) is 7.02. The molecule has 2 aliphatic heterocycles. The zero-order valence-electron chi connectivity index (χ0n) is 13.7. The van der Waals surface area contributed by atoms with Crippen LogP contribution in [0.3, 0.4) is 0 Å². The first-order valence-corrected chi connectivity index (χ1v) is 8.37. The van der Waals surface area contributed by atoms with E-state index in [2.05, 4.69) is 31.4 Å². The number of H-pyrrole nitrogens is 1. The van der Waals surface area contributed by atoms with Gasteiger partial charge in [0, 0.05) is 38.0 Å². The molecule has 0 saturated carbocycles. The van der Waals surface area contributed by atoms with Crippen molar-refractivity contribution in [2.45, 2.75) is 25.0 Å². The first-order chi connectivity index (χ1) is 11.8. The molecule has 8 heteroatoms. The van der Waals surface area contributed by atoms with Gasteiger partial charge in [0.2, 0.25) is 0 Å². The van der Waals surface area contributed by atoms with Crippen LogP contribution in [0, 0.1) is 0 Å². The van der Waals surface area contributed by atoms with Crippen LogP contribution in [0.1, 0.15) is 17.3 Å². The van der Waals surface area contributed by atoms with Gasteiger partial charge in [-0.3, -0.25) is 10.2 Å². The van der Waals surface area contributed by atoms with E-state index >= 15 is 0 Å². The van der Waals surface area contributed by atoms with Crippen molar-refractivity contribution in [2.24, 2.45) is 0 Å². The van der Waals surface area contributed by atoms with E-state index in [1.807, 2.05) is 6.20 Å². The van der Waals surface area contributed by atoms with Gasteiger partial charge in [-0.25, -0.2) is 4.98 Å². The Balaban J connectivity index is 1.33. The van der Waals surface area contributed by atoms with Crippen LogP contribution in [0.5, 0.6) is 0 Å². The van der Waals surface area contributed by atoms with Crippen LogP contribution in [0.15, 0.2) is 23.0 Å². The van der Waals surface area contributed by atoms with E-state index in [0.717, 1.165) is 56.5 Å². The maximum atomic E-state index is 5.51. The molecule has 2 aromatic rings. The van der Waals surface area contributed by atoms with Crippen molar-refractivity contribution in [3.63, 3.8) is 0 Å². The van der Waals surface area contributed by atoms with E-state index in [1.165, 1.54) is 0 Å². The molecule has 4 rings (SSSR count). The number of hydrogen-bond acceptors (Lipinski definition) is 7. The van der Waals surface area contributed by atoms with E-state index < -0.39 is 0 Å². The molecule has 2 N–H and O–H groups in total. The largest absolute Gasteiger partial charge is 0.379 e. The van der Waals surface area contributed by atoms with Crippen molar-refractivity contribution in [2.75, 3.05) is 39.5 Å². The SMILES string of the molecule is c1c[nH]c(CNC2(Cc3cc(CN4CCOCC4)on3)COC2)n1. The molecule has 0 unspecified atom stereocenters. The summed E-state index contributed by atoms with van der Waals surface area (Å²) in [5.41, 5.74) is 0.883. The number of hydrogen-bond donors (Lipinski definition) is 2. The number of nitrogens with zero attached hydrogens (tertiary/aromatic N) is 3. The fourth-order valence-corrected chi connectivity index (χ4v) is 3.12. The standard InChI is InChI=1S/C16H23N5O3/c1-2-18-15(17-1)9-19-16(11-23-12-16)8-13-7-14(24-20-13)10-21-3-5-22-6-4-21/h1-2,7,19H,3-6,8-12H2,(H,17,18). The molecule has 0 aliphatic carbocycles. The number of aromatic nitrogens is 3. The predicted octanol–water partition coefficient (Wildman–Crippen LogP) is 0.331. The molecule has 0 bridgehead atoms. The van der Waals surface area contributed by atoms with E-state index in [4.69, 9.17) is 14.0 Å². The molecule has 4 heterocycles. The highest BCUT2D eigenvalue weighted by Crippen LogP contribution is 2.23. The van der Waals surface area contributed by atoms with Gasteiger partial charge in [0.1, 0.15) is 5.82 Å². The molecule has 0 spiro atoms. The number of imidazole rings is 1. The Bertz CT molecular complexity index is 632. The molecular weight excluding hydrogens is 310 g/mol. The Morgan fingerprint density at radius 2 is 2.12 bits per heavy atom. The maximum Gasteiger partial charge on any atom is 0.150 e. The normalized spacial score (nSPS) is 20.8. The molecule has 2 saturated heterocycles. The summed E-state index contributed by atoms with van der Waals surface area (Å²) in [7, 11) is 0. The zero-order chi connectivity index (χ0) is 16.2. The van der Waals surface area contributed by atoms with Crippen molar-refractivity contribution in [1.82, 2.24) is 25.3 Å². The molecular formula is C16H23N5O3. The van der Waals surface area contributed by atoms with Crippen LogP contribution in [0.4, 0.5) is 0 Å². The van der Waals surface area contributed by atoms with Gasteiger partial charge in [-0.05, 0) is 0 Å². The van der Waals surface area contributed by atoms with Gasteiger partial charge in [0.05, 0.1) is 50.7 Å². The van der Waals surface area contributed by atoms with E-state index in [9.17, 15) is 0 Å². The van der Waals surface area contributed by atoms with Crippen molar-refractivity contribution in [3.8, 4) is 0 Å². The number of nitrogens with one attached hydrogen (secondary N) is 2. The van der Waals surface area contributed by atoms with Crippen molar-refractivity contribution in [1.29, 1.82) is 0 Å². The fraction of sp³-hybridized carbons (Fsp3) is 0.625. The second-order valence-corrected chi connectivity index (χ2v) is 6.51. The Kier molecular flexibility index (Phi) is 4.61. The van der Waals surface area contributed by atoms with E-state index in [0.29, 0.717) is 19.8 Å². The van der Waals surface area contributed by atoms with Crippen LogP contribution in [-0.2, 0) is 29.0 Å². The Morgan fingerprint density at radius 1 is 1.25 bits per heavy atom. The third kappa shape index (κ3) is 3.67. The third-order valence-corrected chi connectivity index (χ3v) is 4.55.